The molecule has 4 N–H and O–H groups in total. The number of esters is 2. The summed E-state index contributed by atoms with van der Waals surface area (Å²) in [5, 5.41) is 24.9. The molecule has 0 aliphatic rings. The molecular formula is C30H52N2O10. The average Bonchev–Trinajstić information content (AvgIpc) is 2.89. The van der Waals surface area contributed by atoms with Gasteiger partial charge >= 0.3 is 23.9 Å². The molecule has 0 saturated heterocycles. The summed E-state index contributed by atoms with van der Waals surface area (Å²) in [7, 11) is 0. The van der Waals surface area contributed by atoms with Crippen molar-refractivity contribution in [2.45, 2.75) is 106 Å². The lowest BCUT2D eigenvalue weighted by atomic mass is 9.86. The molecule has 2 amide bonds. The van der Waals surface area contributed by atoms with Crippen LogP contribution in [0.25, 0.3) is 0 Å². The van der Waals surface area contributed by atoms with Crippen LogP contribution in [0.4, 0.5) is 0 Å². The van der Waals surface area contributed by atoms with Crippen LogP contribution < -0.4 is 10.6 Å². The van der Waals surface area contributed by atoms with Crippen molar-refractivity contribution in [3.05, 3.63) is 0 Å². The van der Waals surface area contributed by atoms with Crippen molar-refractivity contribution < 1.29 is 48.5 Å². The van der Waals surface area contributed by atoms with Gasteiger partial charge < -0.3 is 30.3 Å². The molecule has 242 valence electrons. The molecule has 0 aromatic carbocycles. The van der Waals surface area contributed by atoms with E-state index in [1.165, 1.54) is 0 Å². The monoisotopic (exact) mass is 600 g/mol. The number of hydrogen-bond donors (Lipinski definition) is 4. The molecule has 0 bridgehead atoms. The number of carbonyl (C=O) groups is 6. The van der Waals surface area contributed by atoms with E-state index in [2.05, 4.69) is 10.6 Å². The minimum atomic E-state index is -1.10. The Morgan fingerprint density at radius 2 is 0.857 bits per heavy atom. The van der Waals surface area contributed by atoms with Gasteiger partial charge in [0.1, 0.15) is 13.2 Å². The molecule has 0 aliphatic heterocycles. The Morgan fingerprint density at radius 3 is 1.10 bits per heavy atom. The van der Waals surface area contributed by atoms with Crippen LogP contribution >= 0.6 is 0 Å². The fourth-order valence-electron chi connectivity index (χ4n) is 4.62. The van der Waals surface area contributed by atoms with Crippen molar-refractivity contribution in [3.8, 4) is 0 Å². The van der Waals surface area contributed by atoms with Crippen LogP contribution in [0.15, 0.2) is 0 Å². The molecule has 6 unspecified atom stereocenters. The van der Waals surface area contributed by atoms with E-state index < -0.39 is 59.4 Å². The van der Waals surface area contributed by atoms with E-state index in [9.17, 15) is 39.0 Å². The van der Waals surface area contributed by atoms with Gasteiger partial charge in [-0.15, -0.1) is 0 Å². The number of rotatable bonds is 21. The SMILES string of the molecule is CCC(CC(CC(C)C(=O)OCCOC(=O)C(C)CC(CC(CC)C(=O)NC(C)C)C(=O)O)C(=O)O)C(=O)NC(C)C. The third-order valence-electron chi connectivity index (χ3n) is 7.08. The quantitative estimate of drug-likeness (QED) is 0.112. The Morgan fingerprint density at radius 1 is 0.548 bits per heavy atom. The lowest BCUT2D eigenvalue weighted by Crippen LogP contribution is -2.37. The first-order valence-corrected chi connectivity index (χ1v) is 14.9. The minimum absolute atomic E-state index is 0.0129. The highest BCUT2D eigenvalue weighted by Gasteiger charge is 2.31. The third kappa shape index (κ3) is 15.2. The molecule has 0 spiro atoms. The number of amides is 2. The molecule has 12 nitrogen and oxygen atoms in total. The first kappa shape index (κ1) is 38.8. The maximum absolute atomic E-state index is 12.5. The summed E-state index contributed by atoms with van der Waals surface area (Å²) in [4.78, 5) is 73.3. The fourth-order valence-corrected chi connectivity index (χ4v) is 4.62. The number of carboxylic acid groups (broad SMARTS) is 2. The Balaban J connectivity index is 4.82. The van der Waals surface area contributed by atoms with Crippen LogP contribution in [-0.2, 0) is 38.2 Å². The lowest BCUT2D eigenvalue weighted by molar-refractivity contribution is -0.158. The molecular weight excluding hydrogens is 548 g/mol. The van der Waals surface area contributed by atoms with Crippen molar-refractivity contribution in [1.82, 2.24) is 10.6 Å². The van der Waals surface area contributed by atoms with E-state index in [1.54, 1.807) is 27.7 Å². The largest absolute Gasteiger partial charge is 0.481 e. The van der Waals surface area contributed by atoms with Crippen LogP contribution in [0.1, 0.15) is 93.9 Å². The van der Waals surface area contributed by atoms with Gasteiger partial charge in [-0.3, -0.25) is 28.8 Å². The number of ether oxygens (including phenoxy) is 2. The summed E-state index contributed by atoms with van der Waals surface area (Å²) in [5.41, 5.74) is 0. The number of nitrogens with one attached hydrogen (secondary N) is 2. The van der Waals surface area contributed by atoms with E-state index >= 15 is 0 Å². The van der Waals surface area contributed by atoms with Crippen LogP contribution in [0.5, 0.6) is 0 Å². The summed E-state index contributed by atoms with van der Waals surface area (Å²) in [6.45, 7) is 13.5. The standard InChI is InChI=1S/C30H52N2O10/c1-9-21(25(33)31-17(3)4)15-23(27(35)36)13-19(7)29(39)41-11-12-42-30(40)20(8)14-24(28(37)38)16-22(10-2)26(34)32-18(5)6/h17-24H,9-16H2,1-8H3,(H,31,33)(H,32,34)(H,35,36)(H,37,38). The molecule has 0 radical (unpaired) electrons. The zero-order valence-corrected chi connectivity index (χ0v) is 26.4. The second-order valence-electron chi connectivity index (χ2n) is 11.7. The first-order valence-electron chi connectivity index (χ1n) is 14.9. The predicted octanol–water partition coefficient (Wildman–Crippen LogP) is 3.41. The zero-order chi connectivity index (χ0) is 32.6. The zero-order valence-electron chi connectivity index (χ0n) is 26.4. The van der Waals surface area contributed by atoms with Gasteiger partial charge in [0, 0.05) is 23.9 Å². The molecule has 0 aromatic heterocycles. The Hall–Kier alpha value is -3.18. The van der Waals surface area contributed by atoms with Crippen molar-refractivity contribution in [3.63, 3.8) is 0 Å². The smallest absolute Gasteiger partial charge is 0.308 e. The van der Waals surface area contributed by atoms with E-state index in [4.69, 9.17) is 9.47 Å². The number of carbonyl (C=O) groups excluding carboxylic acids is 4. The topological polar surface area (TPSA) is 185 Å². The molecule has 0 fully saturated rings. The summed E-state index contributed by atoms with van der Waals surface area (Å²) < 4.78 is 10.3. The van der Waals surface area contributed by atoms with Gasteiger partial charge in [0.25, 0.3) is 0 Å². The van der Waals surface area contributed by atoms with Gasteiger partial charge in [-0.1, -0.05) is 27.7 Å². The van der Waals surface area contributed by atoms with Gasteiger partial charge in [-0.2, -0.15) is 0 Å². The van der Waals surface area contributed by atoms with Crippen molar-refractivity contribution in [2.24, 2.45) is 35.5 Å². The second kappa shape index (κ2) is 19.9. The highest BCUT2D eigenvalue weighted by molar-refractivity contribution is 5.81. The molecule has 12 heteroatoms. The molecule has 0 aromatic rings. The average molecular weight is 601 g/mol. The third-order valence-corrected chi connectivity index (χ3v) is 7.08. The second-order valence-corrected chi connectivity index (χ2v) is 11.7. The first-order chi connectivity index (χ1) is 19.5. The predicted molar refractivity (Wildman–Crippen MR) is 155 cm³/mol. The molecule has 0 saturated carbocycles. The van der Waals surface area contributed by atoms with Crippen molar-refractivity contribution >= 4 is 35.7 Å². The van der Waals surface area contributed by atoms with E-state index in [0.29, 0.717) is 12.8 Å². The van der Waals surface area contributed by atoms with E-state index in [1.807, 2.05) is 27.7 Å². The highest BCUT2D eigenvalue weighted by Crippen LogP contribution is 2.25. The maximum atomic E-state index is 12.5. The number of hydrogen-bond acceptors (Lipinski definition) is 8. The van der Waals surface area contributed by atoms with Crippen LogP contribution in [0.2, 0.25) is 0 Å². The molecule has 42 heavy (non-hydrogen) atoms. The van der Waals surface area contributed by atoms with Crippen molar-refractivity contribution in [1.29, 1.82) is 0 Å². The van der Waals surface area contributed by atoms with Crippen LogP contribution in [-0.4, -0.2) is 71.2 Å². The van der Waals surface area contributed by atoms with Gasteiger partial charge in [0.2, 0.25) is 11.8 Å². The maximum Gasteiger partial charge on any atom is 0.308 e. The van der Waals surface area contributed by atoms with Gasteiger partial charge in [-0.25, -0.2) is 0 Å². The van der Waals surface area contributed by atoms with Gasteiger partial charge in [0.15, 0.2) is 0 Å². The van der Waals surface area contributed by atoms with E-state index in [-0.39, 0.29) is 62.8 Å². The summed E-state index contributed by atoms with van der Waals surface area (Å²) >= 11 is 0. The van der Waals surface area contributed by atoms with Gasteiger partial charge in [-0.05, 0) is 66.2 Å². The van der Waals surface area contributed by atoms with Crippen molar-refractivity contribution in [2.75, 3.05) is 13.2 Å². The summed E-state index contributed by atoms with van der Waals surface area (Å²) in [6.07, 6.45) is 1.09. The Labute approximate surface area is 249 Å². The van der Waals surface area contributed by atoms with E-state index in [0.717, 1.165) is 0 Å². The normalized spacial score (nSPS) is 15.6. The molecule has 0 rings (SSSR count). The number of carboxylic acids is 2. The number of aliphatic carboxylic acids is 2. The summed E-state index contributed by atoms with van der Waals surface area (Å²) in [5.74, 6) is -8.29. The minimum Gasteiger partial charge on any atom is -0.481 e. The Bertz CT molecular complexity index is 833. The highest BCUT2D eigenvalue weighted by atomic mass is 16.6. The van der Waals surface area contributed by atoms with Gasteiger partial charge in [0.05, 0.1) is 23.7 Å². The molecule has 6 atom stereocenters. The lowest BCUT2D eigenvalue weighted by Gasteiger charge is -2.23. The fraction of sp³-hybridized carbons (Fsp3) is 0.800. The summed E-state index contributed by atoms with van der Waals surface area (Å²) in [6, 6.07) is -0.147. The molecule has 0 aliphatic carbocycles. The Kier molecular flexibility index (Phi) is 18.3. The van der Waals surface area contributed by atoms with Crippen LogP contribution in [0.3, 0.4) is 0 Å². The molecule has 0 heterocycles. The van der Waals surface area contributed by atoms with Crippen LogP contribution in [0, 0.1) is 35.5 Å².